The van der Waals surface area contributed by atoms with E-state index in [1.807, 2.05) is 35.2 Å². The first-order chi connectivity index (χ1) is 13.7. The summed E-state index contributed by atoms with van der Waals surface area (Å²) >= 11 is 0. The molecule has 2 aromatic carbocycles. The van der Waals surface area contributed by atoms with Gasteiger partial charge in [0.25, 0.3) is 5.91 Å². The summed E-state index contributed by atoms with van der Waals surface area (Å²) in [6.45, 7) is 3.36. The molecule has 154 valence electrons. The Morgan fingerprint density at radius 3 is 2.41 bits per heavy atom. The molecule has 1 aliphatic heterocycles. The molecule has 0 atom stereocenters. The number of nitrogens with zero attached hydrogens (tertiary/aromatic N) is 1. The van der Waals surface area contributed by atoms with Crippen LogP contribution in [0.5, 0.6) is 0 Å². The standard InChI is InChI=1S/C20H22FN3O4S/c1-3-18(25)24-11-16(12-24)29(27,28)23-22-20(26)17-10-15(9-13(2)19(17)21)14-7-5-4-6-8-14/h4-10,16,23H,3,11-12H2,1-2H3,(H,22,26). The van der Waals surface area contributed by atoms with E-state index < -0.39 is 27.0 Å². The van der Waals surface area contributed by atoms with Crippen molar-refractivity contribution in [2.45, 2.75) is 25.5 Å². The number of amides is 2. The lowest BCUT2D eigenvalue weighted by Gasteiger charge is -2.38. The number of hydrogen-bond donors (Lipinski definition) is 2. The minimum Gasteiger partial charge on any atom is -0.340 e. The van der Waals surface area contributed by atoms with Gasteiger partial charge < -0.3 is 4.90 Å². The molecule has 7 nitrogen and oxygen atoms in total. The number of sulfonamides is 1. The fourth-order valence-electron chi connectivity index (χ4n) is 3.06. The van der Waals surface area contributed by atoms with Crippen LogP contribution in [0.25, 0.3) is 11.1 Å². The number of rotatable bonds is 6. The van der Waals surface area contributed by atoms with Crippen molar-refractivity contribution >= 4 is 21.8 Å². The monoisotopic (exact) mass is 419 g/mol. The third-order valence-corrected chi connectivity index (χ3v) is 6.42. The van der Waals surface area contributed by atoms with Crippen LogP contribution in [0, 0.1) is 12.7 Å². The zero-order valence-electron chi connectivity index (χ0n) is 16.1. The largest absolute Gasteiger partial charge is 0.340 e. The third-order valence-electron chi connectivity index (χ3n) is 4.86. The van der Waals surface area contributed by atoms with E-state index in [1.54, 1.807) is 13.0 Å². The number of hydrogen-bond acceptors (Lipinski definition) is 4. The van der Waals surface area contributed by atoms with E-state index in [0.29, 0.717) is 12.0 Å². The maximum absolute atomic E-state index is 14.5. The average Bonchev–Trinajstić information content (AvgIpc) is 2.67. The van der Waals surface area contributed by atoms with Crippen molar-refractivity contribution in [1.29, 1.82) is 0 Å². The fraction of sp³-hybridized carbons (Fsp3) is 0.300. The molecule has 1 saturated heterocycles. The Kier molecular flexibility index (Phi) is 5.99. The van der Waals surface area contributed by atoms with Gasteiger partial charge in [0.2, 0.25) is 15.9 Å². The van der Waals surface area contributed by atoms with E-state index in [4.69, 9.17) is 0 Å². The molecule has 1 fully saturated rings. The molecular formula is C20H22FN3O4S. The van der Waals surface area contributed by atoms with Crippen molar-refractivity contribution in [3.63, 3.8) is 0 Å². The number of carbonyl (C=O) groups excluding carboxylic acids is 2. The van der Waals surface area contributed by atoms with Crippen molar-refractivity contribution in [3.05, 3.63) is 59.4 Å². The number of carbonyl (C=O) groups is 2. The zero-order chi connectivity index (χ0) is 21.2. The lowest BCUT2D eigenvalue weighted by Crippen LogP contribution is -2.61. The molecule has 0 aromatic heterocycles. The summed E-state index contributed by atoms with van der Waals surface area (Å²) in [6.07, 6.45) is 0.299. The molecule has 1 heterocycles. The second-order valence-electron chi connectivity index (χ2n) is 6.90. The lowest BCUT2D eigenvalue weighted by molar-refractivity contribution is -0.133. The highest BCUT2D eigenvalue weighted by molar-refractivity contribution is 7.90. The van der Waals surface area contributed by atoms with Crippen molar-refractivity contribution in [3.8, 4) is 11.1 Å². The van der Waals surface area contributed by atoms with Crippen LogP contribution >= 0.6 is 0 Å². The van der Waals surface area contributed by atoms with Crippen LogP contribution in [-0.4, -0.2) is 43.5 Å². The van der Waals surface area contributed by atoms with Crippen molar-refractivity contribution in [2.24, 2.45) is 0 Å². The second-order valence-corrected chi connectivity index (χ2v) is 8.86. The first-order valence-electron chi connectivity index (χ1n) is 9.17. The Morgan fingerprint density at radius 2 is 1.79 bits per heavy atom. The summed E-state index contributed by atoms with van der Waals surface area (Å²) in [6, 6.07) is 12.2. The predicted molar refractivity (Wildman–Crippen MR) is 107 cm³/mol. The van der Waals surface area contributed by atoms with Crippen LogP contribution in [0.15, 0.2) is 42.5 Å². The summed E-state index contributed by atoms with van der Waals surface area (Å²) in [5.41, 5.74) is 3.53. The molecule has 9 heteroatoms. The summed E-state index contributed by atoms with van der Waals surface area (Å²) in [4.78, 5) is 27.4. The van der Waals surface area contributed by atoms with Gasteiger partial charge in [0, 0.05) is 19.5 Å². The maximum Gasteiger partial charge on any atom is 0.269 e. The van der Waals surface area contributed by atoms with Crippen molar-refractivity contribution < 1.29 is 22.4 Å². The molecule has 0 bridgehead atoms. The Labute approximate surface area is 168 Å². The highest BCUT2D eigenvalue weighted by Crippen LogP contribution is 2.25. The Bertz CT molecular complexity index is 1040. The minimum absolute atomic E-state index is 0.0643. The summed E-state index contributed by atoms with van der Waals surface area (Å²) in [7, 11) is -3.88. The molecule has 29 heavy (non-hydrogen) atoms. The third kappa shape index (κ3) is 4.46. The topological polar surface area (TPSA) is 95.6 Å². The van der Waals surface area contributed by atoms with Gasteiger partial charge in [-0.2, -0.15) is 0 Å². The number of likely N-dealkylation sites (tertiary alicyclic amines) is 1. The zero-order valence-corrected chi connectivity index (χ0v) is 16.9. The molecule has 0 aliphatic carbocycles. The summed E-state index contributed by atoms with van der Waals surface area (Å²) in [5, 5.41) is -0.819. The molecule has 2 aromatic rings. The summed E-state index contributed by atoms with van der Waals surface area (Å²) in [5.74, 6) is -1.74. The maximum atomic E-state index is 14.5. The van der Waals surface area contributed by atoms with E-state index in [1.165, 1.54) is 17.9 Å². The number of halogens is 1. The van der Waals surface area contributed by atoms with Gasteiger partial charge >= 0.3 is 0 Å². The van der Waals surface area contributed by atoms with Crippen LogP contribution in [0.4, 0.5) is 4.39 Å². The SMILES string of the molecule is CCC(=O)N1CC(S(=O)(=O)NNC(=O)c2cc(-c3ccccc3)cc(C)c2F)C1. The molecule has 0 unspecified atom stereocenters. The van der Waals surface area contributed by atoms with Gasteiger partial charge in [0.15, 0.2) is 0 Å². The molecule has 0 radical (unpaired) electrons. The molecule has 2 amide bonds. The molecule has 2 N–H and O–H groups in total. The van der Waals surface area contributed by atoms with Crippen molar-refractivity contribution in [2.75, 3.05) is 13.1 Å². The first kappa shape index (κ1) is 20.9. The molecular weight excluding hydrogens is 397 g/mol. The normalized spacial score (nSPS) is 14.4. The van der Waals surface area contributed by atoms with Gasteiger partial charge in [-0.05, 0) is 35.7 Å². The Balaban J connectivity index is 1.71. The van der Waals surface area contributed by atoms with Gasteiger partial charge in [-0.25, -0.2) is 12.8 Å². The van der Waals surface area contributed by atoms with E-state index in [-0.39, 0.29) is 30.1 Å². The van der Waals surface area contributed by atoms with Gasteiger partial charge in [0.05, 0.1) is 5.56 Å². The van der Waals surface area contributed by atoms with Crippen LogP contribution < -0.4 is 10.3 Å². The predicted octanol–water partition coefficient (Wildman–Crippen LogP) is 1.99. The molecule has 0 spiro atoms. The first-order valence-corrected chi connectivity index (χ1v) is 10.7. The minimum atomic E-state index is -3.88. The van der Waals surface area contributed by atoms with Crippen molar-refractivity contribution in [1.82, 2.24) is 15.2 Å². The lowest BCUT2D eigenvalue weighted by atomic mass is 9.99. The van der Waals surface area contributed by atoms with E-state index in [2.05, 4.69) is 5.43 Å². The highest BCUT2D eigenvalue weighted by Gasteiger charge is 2.39. The highest BCUT2D eigenvalue weighted by atomic mass is 32.2. The van der Waals surface area contributed by atoms with Crippen LogP contribution in [0.2, 0.25) is 0 Å². The van der Waals surface area contributed by atoms with Gasteiger partial charge in [-0.1, -0.05) is 37.3 Å². The fourth-order valence-corrected chi connectivity index (χ4v) is 4.22. The number of hydrazine groups is 1. The number of aryl methyl sites for hydroxylation is 1. The molecule has 0 saturated carbocycles. The van der Waals surface area contributed by atoms with E-state index in [0.717, 1.165) is 5.56 Å². The Hall–Kier alpha value is -2.78. The van der Waals surface area contributed by atoms with Crippen LogP contribution in [0.3, 0.4) is 0 Å². The quantitative estimate of drug-likeness (QED) is 0.700. The average molecular weight is 419 g/mol. The van der Waals surface area contributed by atoms with Gasteiger partial charge in [-0.15, -0.1) is 4.83 Å². The smallest absolute Gasteiger partial charge is 0.269 e. The molecule has 1 aliphatic rings. The van der Waals surface area contributed by atoms with Gasteiger partial charge in [-0.3, -0.25) is 15.0 Å². The van der Waals surface area contributed by atoms with E-state index >= 15 is 0 Å². The summed E-state index contributed by atoms with van der Waals surface area (Å²) < 4.78 is 39.1. The van der Waals surface area contributed by atoms with Gasteiger partial charge in [0.1, 0.15) is 11.1 Å². The Morgan fingerprint density at radius 1 is 1.14 bits per heavy atom. The second kappa shape index (κ2) is 8.30. The molecule has 3 rings (SSSR count). The number of nitrogens with one attached hydrogen (secondary N) is 2. The van der Waals surface area contributed by atoms with Crippen LogP contribution in [0.1, 0.15) is 29.3 Å². The van der Waals surface area contributed by atoms with E-state index in [9.17, 15) is 22.4 Å². The number of benzene rings is 2. The van der Waals surface area contributed by atoms with Crippen LogP contribution in [-0.2, 0) is 14.8 Å².